The Morgan fingerprint density at radius 3 is 3.09 bits per heavy atom. The molecule has 1 atom stereocenters. The van der Waals surface area contributed by atoms with Gasteiger partial charge in [0.25, 0.3) is 0 Å². The Kier molecular flexibility index (Phi) is 3.91. The van der Waals surface area contributed by atoms with Crippen LogP contribution in [0.15, 0.2) is 41.1 Å². The maximum atomic E-state index is 12.3. The number of nitrogens with zero attached hydrogens (tertiary/aromatic N) is 2. The van der Waals surface area contributed by atoms with Crippen LogP contribution < -0.4 is 5.32 Å². The van der Waals surface area contributed by atoms with Crippen molar-refractivity contribution in [2.45, 2.75) is 19.9 Å². The molecule has 6 heteroatoms. The topological polar surface area (TPSA) is 75.4 Å². The van der Waals surface area contributed by atoms with Gasteiger partial charge in [0, 0.05) is 19.2 Å². The van der Waals surface area contributed by atoms with E-state index in [2.05, 4.69) is 10.3 Å². The number of nitrogens with one attached hydrogen (secondary N) is 1. The first-order valence-corrected chi connectivity index (χ1v) is 7.15. The zero-order valence-electron chi connectivity index (χ0n) is 12.3. The molecule has 2 amide bonds. The first kappa shape index (κ1) is 14.3. The van der Waals surface area contributed by atoms with Gasteiger partial charge in [-0.25, -0.2) is 4.98 Å². The normalized spacial score (nSPS) is 17.8. The summed E-state index contributed by atoms with van der Waals surface area (Å²) in [5.74, 6) is 0.670. The predicted octanol–water partition coefficient (Wildman–Crippen LogP) is 1.97. The molecule has 0 spiro atoms. The highest BCUT2D eigenvalue weighted by atomic mass is 16.3. The molecule has 114 valence electrons. The quantitative estimate of drug-likeness (QED) is 0.936. The fourth-order valence-electron chi connectivity index (χ4n) is 2.52. The van der Waals surface area contributed by atoms with Crippen molar-refractivity contribution in [3.63, 3.8) is 0 Å². The molecular weight excluding hydrogens is 282 g/mol. The average Bonchev–Trinajstić information content (AvgIpc) is 3.10. The highest BCUT2D eigenvalue weighted by molar-refractivity contribution is 5.96. The zero-order valence-corrected chi connectivity index (χ0v) is 12.3. The maximum absolute atomic E-state index is 12.3. The van der Waals surface area contributed by atoms with Crippen molar-refractivity contribution in [2.75, 3.05) is 11.9 Å². The Morgan fingerprint density at radius 2 is 2.36 bits per heavy atom. The SMILES string of the molecule is Cc1ccnc(NC(=O)[C@H]2CC(=O)N(Cc3ccco3)C2)c1. The van der Waals surface area contributed by atoms with Crippen LogP contribution in [0.25, 0.3) is 0 Å². The molecule has 0 aromatic carbocycles. The van der Waals surface area contributed by atoms with Gasteiger partial charge in [0.2, 0.25) is 11.8 Å². The Balaban J connectivity index is 1.61. The molecule has 1 N–H and O–H groups in total. The predicted molar refractivity (Wildman–Crippen MR) is 79.8 cm³/mol. The molecule has 1 aliphatic heterocycles. The smallest absolute Gasteiger partial charge is 0.230 e. The molecule has 22 heavy (non-hydrogen) atoms. The molecule has 2 aromatic rings. The second-order valence-electron chi connectivity index (χ2n) is 5.46. The second kappa shape index (κ2) is 6.01. The van der Waals surface area contributed by atoms with Crippen LogP contribution in [0.5, 0.6) is 0 Å². The van der Waals surface area contributed by atoms with Crippen LogP contribution in [0, 0.1) is 12.8 Å². The van der Waals surface area contributed by atoms with Crippen molar-refractivity contribution < 1.29 is 14.0 Å². The molecule has 0 aliphatic carbocycles. The second-order valence-corrected chi connectivity index (χ2v) is 5.46. The Morgan fingerprint density at radius 1 is 1.50 bits per heavy atom. The molecule has 6 nitrogen and oxygen atoms in total. The van der Waals surface area contributed by atoms with Crippen molar-refractivity contribution >= 4 is 17.6 Å². The van der Waals surface area contributed by atoms with Crippen molar-refractivity contribution in [1.29, 1.82) is 0 Å². The summed E-state index contributed by atoms with van der Waals surface area (Å²) in [4.78, 5) is 30.0. The number of pyridine rings is 1. The Labute approximate surface area is 128 Å². The number of hydrogen-bond acceptors (Lipinski definition) is 4. The summed E-state index contributed by atoms with van der Waals surface area (Å²) in [5, 5.41) is 2.77. The largest absolute Gasteiger partial charge is 0.467 e. The number of aromatic nitrogens is 1. The number of anilines is 1. The van der Waals surface area contributed by atoms with Crippen LogP contribution in [0.4, 0.5) is 5.82 Å². The number of carbonyl (C=O) groups excluding carboxylic acids is 2. The van der Waals surface area contributed by atoms with Crippen LogP contribution >= 0.6 is 0 Å². The van der Waals surface area contributed by atoms with Gasteiger partial charge < -0.3 is 14.6 Å². The van der Waals surface area contributed by atoms with Crippen molar-refractivity contribution in [2.24, 2.45) is 5.92 Å². The number of hydrogen-bond donors (Lipinski definition) is 1. The number of aryl methyl sites for hydroxylation is 1. The summed E-state index contributed by atoms with van der Waals surface area (Å²) in [6, 6.07) is 7.26. The molecule has 3 heterocycles. The van der Waals surface area contributed by atoms with Gasteiger partial charge >= 0.3 is 0 Å². The number of carbonyl (C=O) groups is 2. The fraction of sp³-hybridized carbons (Fsp3) is 0.312. The number of furan rings is 1. The summed E-state index contributed by atoms with van der Waals surface area (Å²) < 4.78 is 5.24. The molecule has 0 saturated carbocycles. The molecule has 0 radical (unpaired) electrons. The fourth-order valence-corrected chi connectivity index (χ4v) is 2.52. The van der Waals surface area contributed by atoms with Crippen molar-refractivity contribution in [3.05, 3.63) is 48.0 Å². The third-order valence-corrected chi connectivity index (χ3v) is 3.68. The van der Waals surface area contributed by atoms with Crippen molar-refractivity contribution in [1.82, 2.24) is 9.88 Å². The monoisotopic (exact) mass is 299 g/mol. The molecule has 3 rings (SSSR count). The summed E-state index contributed by atoms with van der Waals surface area (Å²) in [6.45, 7) is 2.73. The highest BCUT2D eigenvalue weighted by Gasteiger charge is 2.34. The van der Waals surface area contributed by atoms with E-state index in [-0.39, 0.29) is 24.2 Å². The number of likely N-dealkylation sites (tertiary alicyclic amines) is 1. The molecule has 0 bridgehead atoms. The molecule has 1 aliphatic rings. The lowest BCUT2D eigenvalue weighted by atomic mass is 10.1. The van der Waals surface area contributed by atoms with Gasteiger partial charge in [-0.3, -0.25) is 9.59 Å². The van der Waals surface area contributed by atoms with E-state index in [9.17, 15) is 9.59 Å². The van der Waals surface area contributed by atoms with Crippen LogP contribution in [0.1, 0.15) is 17.7 Å². The van der Waals surface area contributed by atoms with E-state index >= 15 is 0 Å². The lowest BCUT2D eigenvalue weighted by Crippen LogP contribution is -2.28. The van der Waals surface area contributed by atoms with E-state index in [0.717, 1.165) is 11.3 Å². The van der Waals surface area contributed by atoms with Crippen LogP contribution in [0.2, 0.25) is 0 Å². The lowest BCUT2D eigenvalue weighted by Gasteiger charge is -2.15. The van der Waals surface area contributed by atoms with Crippen LogP contribution in [-0.4, -0.2) is 28.2 Å². The average molecular weight is 299 g/mol. The first-order chi connectivity index (χ1) is 10.6. The maximum Gasteiger partial charge on any atom is 0.230 e. The van der Waals surface area contributed by atoms with Crippen LogP contribution in [0.3, 0.4) is 0 Å². The van der Waals surface area contributed by atoms with Gasteiger partial charge in [-0.15, -0.1) is 0 Å². The lowest BCUT2D eigenvalue weighted by molar-refractivity contribution is -0.128. The van der Waals surface area contributed by atoms with Gasteiger partial charge in [-0.05, 0) is 36.8 Å². The third kappa shape index (κ3) is 3.16. The van der Waals surface area contributed by atoms with Crippen molar-refractivity contribution in [3.8, 4) is 0 Å². The molecular formula is C16H17N3O3. The molecule has 2 aromatic heterocycles. The standard InChI is InChI=1S/C16H17N3O3/c1-11-4-5-17-14(7-11)18-16(21)12-8-15(20)19(9-12)10-13-3-2-6-22-13/h2-7,12H,8-10H2,1H3,(H,17,18,21)/t12-/m0/s1. The van der Waals surface area contributed by atoms with Gasteiger partial charge in [0.1, 0.15) is 11.6 Å². The summed E-state index contributed by atoms with van der Waals surface area (Å²) in [5.41, 5.74) is 1.02. The van der Waals surface area contributed by atoms with E-state index in [0.29, 0.717) is 18.9 Å². The van der Waals surface area contributed by atoms with E-state index in [1.165, 1.54) is 0 Å². The van der Waals surface area contributed by atoms with E-state index in [4.69, 9.17) is 4.42 Å². The minimum Gasteiger partial charge on any atom is -0.467 e. The Bertz CT molecular complexity index is 682. The highest BCUT2D eigenvalue weighted by Crippen LogP contribution is 2.21. The summed E-state index contributed by atoms with van der Waals surface area (Å²) in [7, 11) is 0. The Hall–Kier alpha value is -2.63. The minimum absolute atomic E-state index is 0.0336. The summed E-state index contributed by atoms with van der Waals surface area (Å²) in [6.07, 6.45) is 3.44. The van der Waals surface area contributed by atoms with E-state index in [1.807, 2.05) is 19.1 Å². The number of rotatable bonds is 4. The van der Waals surface area contributed by atoms with E-state index in [1.54, 1.807) is 29.5 Å². The zero-order chi connectivity index (χ0) is 15.5. The molecule has 0 unspecified atom stereocenters. The first-order valence-electron chi connectivity index (χ1n) is 7.15. The summed E-state index contributed by atoms with van der Waals surface area (Å²) >= 11 is 0. The van der Waals surface area contributed by atoms with Gasteiger partial charge in [0.15, 0.2) is 0 Å². The molecule has 1 fully saturated rings. The van der Waals surface area contributed by atoms with Crippen LogP contribution in [-0.2, 0) is 16.1 Å². The van der Waals surface area contributed by atoms with Gasteiger partial charge in [0.05, 0.1) is 18.7 Å². The van der Waals surface area contributed by atoms with Gasteiger partial charge in [-0.1, -0.05) is 0 Å². The van der Waals surface area contributed by atoms with E-state index < -0.39 is 0 Å². The third-order valence-electron chi connectivity index (χ3n) is 3.68. The molecule has 1 saturated heterocycles. The number of amides is 2. The minimum atomic E-state index is -0.357. The van der Waals surface area contributed by atoms with Gasteiger partial charge in [-0.2, -0.15) is 0 Å².